The first-order chi connectivity index (χ1) is 20.7. The SMILES string of the molecule is CCOP(=O)(O)Cn1nnnc1SCC1=C(C(=O)O)N2C(=O)[C@@H](NC(=O)Cc3ccccc3NC(=O)OC(C)(C)C)[C@H]2SC1.[NaH]. The van der Waals surface area contributed by atoms with Gasteiger partial charge in [0.1, 0.15) is 29.0 Å². The Bertz CT molecular complexity index is 1530. The number of nitrogens with one attached hydrogen (secondary N) is 2. The average molecular weight is 694 g/mol. The fourth-order valence-corrected chi connectivity index (χ4v) is 7.83. The molecule has 3 atom stereocenters. The summed E-state index contributed by atoms with van der Waals surface area (Å²) in [5.74, 6) is -2.02. The number of hydrogen-bond donors (Lipinski definition) is 4. The molecule has 0 saturated carbocycles. The molecule has 2 aromatic rings. The first kappa shape index (κ1) is 37.0. The van der Waals surface area contributed by atoms with Crippen LogP contribution in [0.2, 0.25) is 0 Å². The van der Waals surface area contributed by atoms with Crippen LogP contribution in [0.1, 0.15) is 33.3 Å². The Labute approximate surface area is 289 Å². The van der Waals surface area contributed by atoms with Crippen LogP contribution in [0.5, 0.6) is 0 Å². The van der Waals surface area contributed by atoms with Crippen LogP contribution in [0, 0.1) is 0 Å². The molecule has 0 bridgehead atoms. The van der Waals surface area contributed by atoms with Crippen LogP contribution in [-0.2, 0) is 40.9 Å². The van der Waals surface area contributed by atoms with E-state index in [2.05, 4.69) is 26.2 Å². The number of amides is 3. The number of benzene rings is 1. The zero-order valence-corrected chi connectivity index (χ0v) is 26.8. The van der Waals surface area contributed by atoms with E-state index in [4.69, 9.17) is 9.26 Å². The summed E-state index contributed by atoms with van der Waals surface area (Å²) in [6, 6.07) is 5.76. The molecule has 1 aromatic carbocycles. The van der Waals surface area contributed by atoms with Crippen LogP contribution in [0.4, 0.5) is 10.5 Å². The number of rotatable bonds is 12. The molecule has 4 rings (SSSR count). The molecular formula is C25H33N7NaO9PS2. The van der Waals surface area contributed by atoms with Gasteiger partial charge in [-0.2, -0.15) is 0 Å². The number of ether oxygens (including phenoxy) is 1. The Balaban J connectivity index is 0.00000552. The number of tetrazole rings is 1. The van der Waals surface area contributed by atoms with Gasteiger partial charge < -0.3 is 24.6 Å². The van der Waals surface area contributed by atoms with E-state index >= 15 is 0 Å². The van der Waals surface area contributed by atoms with E-state index in [1.165, 1.54) is 11.8 Å². The summed E-state index contributed by atoms with van der Waals surface area (Å²) >= 11 is 2.34. The summed E-state index contributed by atoms with van der Waals surface area (Å²) in [6.07, 6.45) is -1.30. The van der Waals surface area contributed by atoms with E-state index in [0.29, 0.717) is 16.8 Å². The van der Waals surface area contributed by atoms with Gasteiger partial charge in [-0.3, -0.25) is 24.4 Å². The molecule has 1 aromatic heterocycles. The molecule has 0 aliphatic carbocycles. The topological polar surface area (TPSA) is 215 Å². The molecule has 1 fully saturated rings. The van der Waals surface area contributed by atoms with Crippen molar-refractivity contribution >= 4 is 90.2 Å². The minimum atomic E-state index is -3.98. The molecule has 1 saturated heterocycles. The van der Waals surface area contributed by atoms with E-state index in [-0.39, 0.29) is 64.9 Å². The van der Waals surface area contributed by atoms with Crippen LogP contribution in [0.25, 0.3) is 0 Å². The number of nitrogens with zero attached hydrogens (tertiary/aromatic N) is 5. The fraction of sp³-hybridized carbons (Fsp3) is 0.480. The van der Waals surface area contributed by atoms with Crippen LogP contribution in [0.15, 0.2) is 40.7 Å². The van der Waals surface area contributed by atoms with Gasteiger partial charge in [-0.15, -0.1) is 16.9 Å². The molecule has 2 aliphatic rings. The second-order valence-corrected chi connectivity index (χ2v) is 14.5. The molecular weight excluding hydrogens is 660 g/mol. The van der Waals surface area contributed by atoms with Crippen molar-refractivity contribution in [1.29, 1.82) is 0 Å². The summed E-state index contributed by atoms with van der Waals surface area (Å²) in [6.45, 7) is 6.79. The Morgan fingerprint density at radius 3 is 2.62 bits per heavy atom. The first-order valence-corrected chi connectivity index (χ1v) is 17.1. The van der Waals surface area contributed by atoms with E-state index in [0.717, 1.165) is 21.3 Å². The molecule has 20 heteroatoms. The molecule has 0 radical (unpaired) electrons. The molecule has 4 N–H and O–H groups in total. The standard InChI is InChI=1S/C25H32N7O9PS2.Na.H/c1-5-40-42(38,39)13-31-23(28-29-30-31)44-12-15-11-43-21-18(20(34)32(21)19(15)22(35)36)27-17(33)10-14-8-6-7-9-16(14)26-24(37)41-25(2,3)4;;/h6-9,18,21H,5,10-13H2,1-4H3,(H,26,37)(H,27,33)(H,35,36)(H,38,39);;/t18-,21-;;/m1../s1. The number of hydrogen-bond acceptors (Lipinski definition) is 12. The van der Waals surface area contributed by atoms with Crippen molar-refractivity contribution in [1.82, 2.24) is 30.4 Å². The van der Waals surface area contributed by atoms with Crippen molar-refractivity contribution in [3.05, 3.63) is 41.1 Å². The summed E-state index contributed by atoms with van der Waals surface area (Å²) < 4.78 is 23.4. The molecule has 3 amide bonds. The maximum absolute atomic E-state index is 13.1. The number of fused-ring (bicyclic) bond motifs is 1. The van der Waals surface area contributed by atoms with E-state index in [9.17, 15) is 33.7 Å². The molecule has 240 valence electrons. The number of carboxylic acid groups (broad SMARTS) is 1. The fourth-order valence-electron chi connectivity index (χ4n) is 4.35. The molecule has 16 nitrogen and oxygen atoms in total. The quantitative estimate of drug-likeness (QED) is 0.108. The maximum atomic E-state index is 13.1. The van der Waals surface area contributed by atoms with Crippen molar-refractivity contribution < 1.29 is 43.0 Å². The number of para-hydroxylation sites is 1. The van der Waals surface area contributed by atoms with Gasteiger partial charge >= 0.3 is 49.2 Å². The molecule has 3 heterocycles. The number of aromatic nitrogens is 4. The summed E-state index contributed by atoms with van der Waals surface area (Å²) in [4.78, 5) is 61.6. The van der Waals surface area contributed by atoms with Gasteiger partial charge in [0.05, 0.1) is 13.0 Å². The molecule has 1 unspecified atom stereocenters. The third-order valence-electron chi connectivity index (χ3n) is 6.09. The van der Waals surface area contributed by atoms with Crippen LogP contribution < -0.4 is 10.6 Å². The van der Waals surface area contributed by atoms with Crippen molar-refractivity contribution in [3.63, 3.8) is 0 Å². The molecule has 0 spiro atoms. The van der Waals surface area contributed by atoms with Gasteiger partial charge in [0.2, 0.25) is 11.1 Å². The van der Waals surface area contributed by atoms with Crippen molar-refractivity contribution in [2.75, 3.05) is 23.4 Å². The van der Waals surface area contributed by atoms with Crippen LogP contribution in [0.3, 0.4) is 0 Å². The monoisotopic (exact) mass is 693 g/mol. The predicted molar refractivity (Wildman–Crippen MR) is 167 cm³/mol. The number of carbonyl (C=O) groups excluding carboxylic acids is 3. The van der Waals surface area contributed by atoms with Crippen LogP contribution in [-0.4, -0.2) is 124 Å². The number of carboxylic acids is 1. The number of aliphatic carboxylic acids is 1. The number of thioether (sulfide) groups is 2. The van der Waals surface area contributed by atoms with Crippen molar-refractivity contribution in [2.24, 2.45) is 0 Å². The van der Waals surface area contributed by atoms with E-state index in [1.807, 2.05) is 0 Å². The average Bonchev–Trinajstić information content (AvgIpc) is 3.35. The van der Waals surface area contributed by atoms with Gasteiger partial charge in [0.15, 0.2) is 0 Å². The van der Waals surface area contributed by atoms with Crippen molar-refractivity contribution in [3.8, 4) is 0 Å². The number of β-lactam (4-membered cyclic amide) rings is 1. The van der Waals surface area contributed by atoms with Gasteiger partial charge in [-0.1, -0.05) is 30.0 Å². The Morgan fingerprint density at radius 2 is 1.96 bits per heavy atom. The Morgan fingerprint density at radius 1 is 1.24 bits per heavy atom. The van der Waals surface area contributed by atoms with E-state index < -0.39 is 54.8 Å². The number of anilines is 1. The third-order valence-corrected chi connectivity index (χ3v) is 9.76. The first-order valence-electron chi connectivity index (χ1n) is 13.3. The van der Waals surface area contributed by atoms with Gasteiger partial charge in [0.25, 0.3) is 5.91 Å². The second-order valence-electron chi connectivity index (χ2n) is 10.6. The zero-order valence-electron chi connectivity index (χ0n) is 24.3. The minimum absolute atomic E-state index is 0. The number of carbonyl (C=O) groups is 4. The Kier molecular flexibility index (Phi) is 12.7. The zero-order chi connectivity index (χ0) is 32.2. The van der Waals surface area contributed by atoms with E-state index in [1.54, 1.807) is 52.0 Å². The van der Waals surface area contributed by atoms with Crippen LogP contribution >= 0.6 is 31.1 Å². The Hall–Kier alpha value is -2.44. The molecule has 2 aliphatic heterocycles. The summed E-state index contributed by atoms with van der Waals surface area (Å²) in [5.41, 5.74) is 0.413. The molecule has 45 heavy (non-hydrogen) atoms. The third kappa shape index (κ3) is 9.54. The normalized spacial score (nSPS) is 19.0. The summed E-state index contributed by atoms with van der Waals surface area (Å²) in [5, 5.41) is 25.9. The van der Waals surface area contributed by atoms with Gasteiger partial charge in [-0.05, 0) is 55.3 Å². The summed E-state index contributed by atoms with van der Waals surface area (Å²) in [7, 11) is -3.98. The van der Waals surface area contributed by atoms with Gasteiger partial charge in [0, 0.05) is 17.2 Å². The second kappa shape index (κ2) is 15.4. The van der Waals surface area contributed by atoms with Gasteiger partial charge in [-0.25, -0.2) is 14.3 Å². The van der Waals surface area contributed by atoms with Crippen molar-refractivity contribution in [2.45, 2.75) is 62.6 Å². The predicted octanol–water partition coefficient (Wildman–Crippen LogP) is 1.62.